The van der Waals surface area contributed by atoms with Crippen molar-refractivity contribution in [3.05, 3.63) is 54.5 Å². The third-order valence-corrected chi connectivity index (χ3v) is 4.92. The van der Waals surface area contributed by atoms with Gasteiger partial charge < -0.3 is 15.8 Å². The zero-order valence-electron chi connectivity index (χ0n) is 15.3. The first-order valence-corrected chi connectivity index (χ1v) is 9.33. The van der Waals surface area contributed by atoms with Gasteiger partial charge in [-0.2, -0.15) is 0 Å². The van der Waals surface area contributed by atoms with E-state index in [0.29, 0.717) is 30.1 Å². The molecular formula is C21H21FN4O2. The van der Waals surface area contributed by atoms with Crippen LogP contribution in [0.5, 0.6) is 5.88 Å². The van der Waals surface area contributed by atoms with Crippen LogP contribution in [0.3, 0.4) is 0 Å². The standard InChI is InChI=1S/C21H21FN4O2/c22-16-4-1-2-6-18(16)28-21-15-8-7-14(12-13(15)9-11-25-21)26-20(27)19-17(23)5-3-10-24-19/h3,5,7-12,16,18H,1-2,4,6,23H2,(H,26,27). The summed E-state index contributed by atoms with van der Waals surface area (Å²) in [5.41, 5.74) is 6.89. The molecule has 2 heterocycles. The molecular weight excluding hydrogens is 359 g/mol. The van der Waals surface area contributed by atoms with Gasteiger partial charge in [-0.25, -0.2) is 14.4 Å². The van der Waals surface area contributed by atoms with E-state index in [4.69, 9.17) is 10.5 Å². The summed E-state index contributed by atoms with van der Waals surface area (Å²) in [4.78, 5) is 20.7. The topological polar surface area (TPSA) is 90.1 Å². The maximum atomic E-state index is 14.1. The number of pyridine rings is 2. The van der Waals surface area contributed by atoms with Crippen LogP contribution in [0.25, 0.3) is 10.8 Å². The van der Waals surface area contributed by atoms with E-state index in [9.17, 15) is 9.18 Å². The molecule has 1 aromatic carbocycles. The Kier molecular flexibility index (Phi) is 5.06. The number of nitrogens with one attached hydrogen (secondary N) is 1. The Hall–Kier alpha value is -3.22. The summed E-state index contributed by atoms with van der Waals surface area (Å²) in [6, 6.07) is 10.5. The molecule has 1 amide bonds. The van der Waals surface area contributed by atoms with Gasteiger partial charge in [0.1, 0.15) is 12.3 Å². The molecule has 3 aromatic rings. The highest BCUT2D eigenvalue weighted by atomic mass is 19.1. The number of ether oxygens (including phenoxy) is 1. The third kappa shape index (κ3) is 3.74. The minimum atomic E-state index is -0.965. The molecule has 0 radical (unpaired) electrons. The average Bonchev–Trinajstić information content (AvgIpc) is 2.70. The van der Waals surface area contributed by atoms with Crippen molar-refractivity contribution in [2.75, 3.05) is 11.1 Å². The molecule has 0 bridgehead atoms. The van der Waals surface area contributed by atoms with Gasteiger partial charge in [0.2, 0.25) is 5.88 Å². The average molecular weight is 380 g/mol. The summed E-state index contributed by atoms with van der Waals surface area (Å²) in [5, 5.41) is 4.41. The van der Waals surface area contributed by atoms with Gasteiger partial charge in [0.25, 0.3) is 5.91 Å². The molecule has 1 saturated carbocycles. The SMILES string of the molecule is Nc1cccnc1C(=O)Nc1ccc2c(OC3CCCCC3F)nccc2c1. The van der Waals surface area contributed by atoms with Gasteiger partial charge >= 0.3 is 0 Å². The van der Waals surface area contributed by atoms with Crippen molar-refractivity contribution in [1.82, 2.24) is 9.97 Å². The van der Waals surface area contributed by atoms with E-state index in [-0.39, 0.29) is 11.6 Å². The minimum absolute atomic E-state index is 0.174. The Morgan fingerprint density at radius 1 is 1.14 bits per heavy atom. The zero-order valence-corrected chi connectivity index (χ0v) is 15.3. The second-order valence-electron chi connectivity index (χ2n) is 6.90. The van der Waals surface area contributed by atoms with E-state index in [1.54, 1.807) is 24.4 Å². The number of nitrogen functional groups attached to an aromatic ring is 1. The highest BCUT2D eigenvalue weighted by Crippen LogP contribution is 2.30. The number of nitrogens with zero attached hydrogens (tertiary/aromatic N) is 2. The molecule has 144 valence electrons. The normalized spacial score (nSPS) is 19.3. The monoisotopic (exact) mass is 380 g/mol. The highest BCUT2D eigenvalue weighted by molar-refractivity contribution is 6.07. The fourth-order valence-corrected chi connectivity index (χ4v) is 3.45. The highest BCUT2D eigenvalue weighted by Gasteiger charge is 2.27. The molecule has 1 aliphatic rings. The fraction of sp³-hybridized carbons (Fsp3) is 0.286. The maximum absolute atomic E-state index is 14.1. The van der Waals surface area contributed by atoms with Crippen LogP contribution in [0.2, 0.25) is 0 Å². The lowest BCUT2D eigenvalue weighted by Gasteiger charge is -2.26. The maximum Gasteiger partial charge on any atom is 0.276 e. The Bertz CT molecular complexity index is 1010. The lowest BCUT2D eigenvalue weighted by molar-refractivity contribution is 0.0615. The molecule has 2 atom stereocenters. The van der Waals surface area contributed by atoms with Crippen LogP contribution in [0.4, 0.5) is 15.8 Å². The third-order valence-electron chi connectivity index (χ3n) is 4.92. The van der Waals surface area contributed by atoms with Gasteiger partial charge in [-0.1, -0.05) is 6.42 Å². The molecule has 1 aliphatic carbocycles. The quantitative estimate of drug-likeness (QED) is 0.710. The summed E-state index contributed by atoms with van der Waals surface area (Å²) in [5.74, 6) is 0.0318. The number of rotatable bonds is 4. The number of benzene rings is 1. The van der Waals surface area contributed by atoms with Gasteiger partial charge in [-0.15, -0.1) is 0 Å². The zero-order chi connectivity index (χ0) is 19.5. The van der Waals surface area contributed by atoms with Crippen molar-refractivity contribution in [1.29, 1.82) is 0 Å². The van der Waals surface area contributed by atoms with E-state index >= 15 is 0 Å². The molecule has 0 saturated heterocycles. The molecule has 28 heavy (non-hydrogen) atoms. The van der Waals surface area contributed by atoms with Crippen LogP contribution >= 0.6 is 0 Å². The molecule has 2 unspecified atom stereocenters. The Morgan fingerprint density at radius 2 is 2.00 bits per heavy atom. The van der Waals surface area contributed by atoms with Crippen LogP contribution in [0, 0.1) is 0 Å². The Morgan fingerprint density at radius 3 is 2.82 bits per heavy atom. The van der Waals surface area contributed by atoms with Crippen molar-refractivity contribution in [3.63, 3.8) is 0 Å². The van der Waals surface area contributed by atoms with Gasteiger partial charge in [0.05, 0.1) is 5.69 Å². The summed E-state index contributed by atoms with van der Waals surface area (Å²) in [6.07, 6.45) is 4.80. The first kappa shape index (κ1) is 18.2. The minimum Gasteiger partial charge on any atom is -0.471 e. The van der Waals surface area contributed by atoms with Crippen molar-refractivity contribution in [3.8, 4) is 5.88 Å². The van der Waals surface area contributed by atoms with Gasteiger partial charge in [-0.05, 0) is 61.0 Å². The summed E-state index contributed by atoms with van der Waals surface area (Å²) < 4.78 is 20.0. The molecule has 7 heteroatoms. The van der Waals surface area contributed by atoms with E-state index in [0.717, 1.165) is 23.6 Å². The fourth-order valence-electron chi connectivity index (χ4n) is 3.45. The number of hydrogen-bond acceptors (Lipinski definition) is 5. The van der Waals surface area contributed by atoms with Crippen LogP contribution < -0.4 is 15.8 Å². The van der Waals surface area contributed by atoms with Crippen molar-refractivity contribution >= 4 is 28.1 Å². The number of alkyl halides is 1. The number of carbonyl (C=O) groups is 1. The van der Waals surface area contributed by atoms with Crippen molar-refractivity contribution < 1.29 is 13.9 Å². The number of nitrogens with two attached hydrogens (primary N) is 1. The number of halogens is 1. The number of amides is 1. The molecule has 6 nitrogen and oxygen atoms in total. The first-order chi connectivity index (χ1) is 13.6. The molecule has 0 aliphatic heterocycles. The van der Waals surface area contributed by atoms with Crippen LogP contribution in [-0.4, -0.2) is 28.2 Å². The lowest BCUT2D eigenvalue weighted by Crippen LogP contribution is -2.32. The number of anilines is 2. The van der Waals surface area contributed by atoms with Gasteiger partial charge in [0.15, 0.2) is 5.69 Å². The second kappa shape index (κ2) is 7.80. The molecule has 3 N–H and O–H groups in total. The first-order valence-electron chi connectivity index (χ1n) is 9.33. The van der Waals surface area contributed by atoms with Gasteiger partial charge in [0, 0.05) is 23.5 Å². The molecule has 4 rings (SSSR count). The second-order valence-corrected chi connectivity index (χ2v) is 6.90. The van der Waals surface area contributed by atoms with Crippen LogP contribution in [-0.2, 0) is 0 Å². The Balaban J connectivity index is 1.56. The van der Waals surface area contributed by atoms with Crippen LogP contribution in [0.1, 0.15) is 36.2 Å². The predicted octanol–water partition coefficient (Wildman–Crippen LogP) is 4.12. The largest absolute Gasteiger partial charge is 0.471 e. The van der Waals surface area contributed by atoms with E-state index in [1.807, 2.05) is 18.2 Å². The summed E-state index contributed by atoms with van der Waals surface area (Å²) >= 11 is 0. The predicted molar refractivity (Wildman–Crippen MR) is 106 cm³/mol. The summed E-state index contributed by atoms with van der Waals surface area (Å²) in [6.45, 7) is 0. The Labute approximate surface area is 161 Å². The number of carbonyl (C=O) groups excluding carboxylic acids is 1. The smallest absolute Gasteiger partial charge is 0.276 e. The number of aromatic nitrogens is 2. The van der Waals surface area contributed by atoms with E-state index < -0.39 is 12.3 Å². The molecule has 1 fully saturated rings. The number of hydrogen-bond donors (Lipinski definition) is 2. The summed E-state index contributed by atoms with van der Waals surface area (Å²) in [7, 11) is 0. The van der Waals surface area contributed by atoms with Crippen molar-refractivity contribution in [2.45, 2.75) is 38.0 Å². The van der Waals surface area contributed by atoms with E-state index in [1.165, 1.54) is 6.20 Å². The lowest BCUT2D eigenvalue weighted by atomic mass is 9.96. The van der Waals surface area contributed by atoms with Gasteiger partial charge in [-0.3, -0.25) is 4.79 Å². The number of fused-ring (bicyclic) bond motifs is 1. The van der Waals surface area contributed by atoms with Crippen LogP contribution in [0.15, 0.2) is 48.8 Å². The van der Waals surface area contributed by atoms with E-state index in [2.05, 4.69) is 15.3 Å². The van der Waals surface area contributed by atoms with Crippen molar-refractivity contribution in [2.24, 2.45) is 0 Å². The molecule has 2 aromatic heterocycles. The molecule has 0 spiro atoms.